The molecule has 0 bridgehead atoms. The second-order valence-corrected chi connectivity index (χ2v) is 7.75. The number of piperidine rings is 1. The minimum Gasteiger partial charge on any atom is -0.488 e. The van der Waals surface area contributed by atoms with Crippen molar-refractivity contribution in [3.63, 3.8) is 0 Å². The summed E-state index contributed by atoms with van der Waals surface area (Å²) in [6.07, 6.45) is 0.843. The number of hydrogen-bond donors (Lipinski definition) is 1. The molecule has 148 valence electrons. The molecule has 0 aliphatic carbocycles. The fourth-order valence-corrected chi connectivity index (χ4v) is 4.11. The molecule has 8 heteroatoms. The fourth-order valence-electron chi connectivity index (χ4n) is 3.54. The summed E-state index contributed by atoms with van der Waals surface area (Å²) in [6, 6.07) is 8.95. The van der Waals surface area contributed by atoms with Gasteiger partial charge in [0, 0.05) is 15.7 Å². The Labute approximate surface area is 177 Å². The Kier molecular flexibility index (Phi) is 5.06. The van der Waals surface area contributed by atoms with E-state index in [0.29, 0.717) is 28.6 Å². The van der Waals surface area contributed by atoms with Crippen LogP contribution in [0.5, 0.6) is 5.75 Å². The molecule has 0 aromatic heterocycles. The second kappa shape index (κ2) is 7.54. The Bertz CT molecular complexity index is 1050. The van der Waals surface area contributed by atoms with E-state index in [0.717, 1.165) is 10.5 Å². The number of amides is 3. The Morgan fingerprint density at radius 3 is 2.52 bits per heavy atom. The van der Waals surface area contributed by atoms with E-state index in [1.165, 1.54) is 0 Å². The SMILES string of the molecule is C=C1CCC(N2C(=O)c3cccc(OCc4cc(Cl)cc(Cl)c4)c3C2=O)C(=O)N1. The number of benzene rings is 2. The van der Waals surface area contributed by atoms with E-state index in [2.05, 4.69) is 11.9 Å². The van der Waals surface area contributed by atoms with E-state index in [-0.39, 0.29) is 23.5 Å². The summed E-state index contributed by atoms with van der Waals surface area (Å²) in [7, 11) is 0. The van der Waals surface area contributed by atoms with Crippen LogP contribution in [0, 0.1) is 0 Å². The van der Waals surface area contributed by atoms with E-state index in [9.17, 15) is 14.4 Å². The lowest BCUT2D eigenvalue weighted by Gasteiger charge is -2.29. The molecule has 1 atom stereocenters. The number of carbonyl (C=O) groups excluding carboxylic acids is 3. The Hall–Kier alpha value is -2.83. The number of nitrogens with zero attached hydrogens (tertiary/aromatic N) is 1. The molecule has 1 saturated heterocycles. The molecule has 0 saturated carbocycles. The van der Waals surface area contributed by atoms with Gasteiger partial charge in [0.05, 0.1) is 11.1 Å². The topological polar surface area (TPSA) is 75.7 Å². The van der Waals surface area contributed by atoms with Crippen LogP contribution >= 0.6 is 23.2 Å². The van der Waals surface area contributed by atoms with Gasteiger partial charge in [-0.15, -0.1) is 0 Å². The van der Waals surface area contributed by atoms with Crippen molar-refractivity contribution in [2.75, 3.05) is 0 Å². The van der Waals surface area contributed by atoms with Gasteiger partial charge in [0.15, 0.2) is 0 Å². The van der Waals surface area contributed by atoms with E-state index < -0.39 is 23.8 Å². The van der Waals surface area contributed by atoms with Gasteiger partial charge in [-0.1, -0.05) is 35.8 Å². The minimum atomic E-state index is -0.868. The van der Waals surface area contributed by atoms with E-state index in [1.807, 2.05) is 0 Å². The first-order valence-corrected chi connectivity index (χ1v) is 9.68. The monoisotopic (exact) mass is 430 g/mol. The average molecular weight is 431 g/mol. The molecule has 29 heavy (non-hydrogen) atoms. The number of ether oxygens (including phenoxy) is 1. The molecule has 0 radical (unpaired) electrons. The third-order valence-electron chi connectivity index (χ3n) is 4.86. The molecule has 3 amide bonds. The van der Waals surface area contributed by atoms with E-state index in [1.54, 1.807) is 36.4 Å². The number of carbonyl (C=O) groups is 3. The first-order chi connectivity index (χ1) is 13.8. The van der Waals surface area contributed by atoms with Gasteiger partial charge in [0.1, 0.15) is 18.4 Å². The van der Waals surface area contributed by atoms with Crippen LogP contribution in [0.2, 0.25) is 10.0 Å². The zero-order valence-electron chi connectivity index (χ0n) is 15.2. The van der Waals surface area contributed by atoms with Crippen molar-refractivity contribution in [2.24, 2.45) is 0 Å². The normalized spacial score (nSPS) is 18.7. The Balaban J connectivity index is 1.61. The van der Waals surface area contributed by atoms with Crippen LogP contribution < -0.4 is 10.1 Å². The fraction of sp³-hybridized carbons (Fsp3) is 0.190. The molecule has 6 nitrogen and oxygen atoms in total. The maximum atomic E-state index is 13.1. The molecule has 4 rings (SSSR count). The van der Waals surface area contributed by atoms with Crippen LogP contribution in [0.1, 0.15) is 39.1 Å². The highest BCUT2D eigenvalue weighted by atomic mass is 35.5. The molecule has 2 heterocycles. The van der Waals surface area contributed by atoms with Crippen molar-refractivity contribution in [1.29, 1.82) is 0 Å². The quantitative estimate of drug-likeness (QED) is 0.744. The van der Waals surface area contributed by atoms with Crippen molar-refractivity contribution >= 4 is 40.9 Å². The summed E-state index contributed by atoms with van der Waals surface area (Å²) in [5.41, 5.74) is 1.67. The molecule has 2 aromatic rings. The highest BCUT2D eigenvalue weighted by Gasteiger charge is 2.45. The largest absolute Gasteiger partial charge is 0.488 e. The van der Waals surface area contributed by atoms with Gasteiger partial charge in [-0.2, -0.15) is 0 Å². The molecule has 1 unspecified atom stereocenters. The lowest BCUT2D eigenvalue weighted by Crippen LogP contribution is -2.51. The summed E-state index contributed by atoms with van der Waals surface area (Å²) < 4.78 is 5.81. The van der Waals surface area contributed by atoms with Crippen LogP contribution in [0.25, 0.3) is 0 Å². The molecule has 1 fully saturated rings. The number of rotatable bonds is 4. The number of hydrogen-bond acceptors (Lipinski definition) is 4. The smallest absolute Gasteiger partial charge is 0.266 e. The Morgan fingerprint density at radius 1 is 1.10 bits per heavy atom. The van der Waals surface area contributed by atoms with E-state index >= 15 is 0 Å². The van der Waals surface area contributed by atoms with Crippen molar-refractivity contribution in [3.05, 3.63) is 75.4 Å². The Morgan fingerprint density at radius 2 is 1.83 bits per heavy atom. The van der Waals surface area contributed by atoms with Gasteiger partial charge in [0.25, 0.3) is 11.8 Å². The van der Waals surface area contributed by atoms with Crippen molar-refractivity contribution in [1.82, 2.24) is 10.2 Å². The third kappa shape index (κ3) is 3.61. The van der Waals surface area contributed by atoms with Gasteiger partial charge in [-0.05, 0) is 48.7 Å². The summed E-state index contributed by atoms with van der Waals surface area (Å²) in [5, 5.41) is 3.55. The molecule has 1 N–H and O–H groups in total. The van der Waals surface area contributed by atoms with Gasteiger partial charge < -0.3 is 10.1 Å². The summed E-state index contributed by atoms with van der Waals surface area (Å²) >= 11 is 12.0. The van der Waals surface area contributed by atoms with Gasteiger partial charge in [-0.3, -0.25) is 19.3 Å². The second-order valence-electron chi connectivity index (χ2n) is 6.87. The molecule has 2 aromatic carbocycles. The van der Waals surface area contributed by atoms with Gasteiger partial charge >= 0.3 is 0 Å². The number of halogens is 2. The number of allylic oxidation sites excluding steroid dienone is 1. The van der Waals surface area contributed by atoms with Crippen LogP contribution in [-0.2, 0) is 11.4 Å². The van der Waals surface area contributed by atoms with Gasteiger partial charge in [0.2, 0.25) is 5.91 Å². The van der Waals surface area contributed by atoms with Crippen molar-refractivity contribution in [3.8, 4) is 5.75 Å². The molecular weight excluding hydrogens is 415 g/mol. The number of imide groups is 1. The van der Waals surface area contributed by atoms with Crippen molar-refractivity contribution in [2.45, 2.75) is 25.5 Å². The average Bonchev–Trinajstić information content (AvgIpc) is 2.91. The summed E-state index contributed by atoms with van der Waals surface area (Å²) in [4.78, 5) is 39.2. The zero-order chi connectivity index (χ0) is 20.7. The summed E-state index contributed by atoms with van der Waals surface area (Å²) in [6.45, 7) is 3.84. The maximum absolute atomic E-state index is 13.1. The zero-order valence-corrected chi connectivity index (χ0v) is 16.7. The first-order valence-electron chi connectivity index (χ1n) is 8.92. The van der Waals surface area contributed by atoms with Crippen molar-refractivity contribution < 1.29 is 19.1 Å². The van der Waals surface area contributed by atoms with Crippen LogP contribution in [0.15, 0.2) is 48.7 Å². The van der Waals surface area contributed by atoms with Gasteiger partial charge in [-0.25, -0.2) is 0 Å². The minimum absolute atomic E-state index is 0.113. The standard InChI is InChI=1S/C21H16Cl2N2O4/c1-11-5-6-16(19(26)24-11)25-20(27)15-3-2-4-17(18(15)21(25)28)29-10-12-7-13(22)9-14(23)8-12/h2-4,7-9,16H,1,5-6,10H2,(H,24,26). The predicted molar refractivity (Wildman–Crippen MR) is 108 cm³/mol. The lowest BCUT2D eigenvalue weighted by atomic mass is 10.0. The molecule has 0 spiro atoms. The third-order valence-corrected chi connectivity index (χ3v) is 5.30. The summed E-state index contributed by atoms with van der Waals surface area (Å²) in [5.74, 6) is -1.20. The number of nitrogens with one attached hydrogen (secondary N) is 1. The number of fused-ring (bicyclic) bond motifs is 1. The van der Waals surface area contributed by atoms with Crippen LogP contribution in [0.3, 0.4) is 0 Å². The maximum Gasteiger partial charge on any atom is 0.266 e. The highest BCUT2D eigenvalue weighted by Crippen LogP contribution is 2.34. The lowest BCUT2D eigenvalue weighted by molar-refractivity contribution is -0.125. The van der Waals surface area contributed by atoms with E-state index in [4.69, 9.17) is 27.9 Å². The molecular formula is C21H16Cl2N2O4. The molecule has 2 aliphatic heterocycles. The highest BCUT2D eigenvalue weighted by molar-refractivity contribution is 6.34. The molecule has 2 aliphatic rings. The first kappa shape index (κ1) is 19.5. The van der Waals surface area contributed by atoms with Crippen LogP contribution in [0.4, 0.5) is 0 Å². The van der Waals surface area contributed by atoms with Crippen LogP contribution in [-0.4, -0.2) is 28.7 Å². The predicted octanol–water partition coefficient (Wildman–Crippen LogP) is 3.96.